The van der Waals surface area contributed by atoms with Gasteiger partial charge in [-0.25, -0.2) is 4.39 Å². The highest BCUT2D eigenvalue weighted by Crippen LogP contribution is 2.26. The lowest BCUT2D eigenvalue weighted by Crippen LogP contribution is -2.43. The number of halogens is 1. The Morgan fingerprint density at radius 3 is 2.50 bits per heavy atom. The van der Waals surface area contributed by atoms with Crippen molar-refractivity contribution in [2.75, 3.05) is 20.2 Å². The van der Waals surface area contributed by atoms with Crippen molar-refractivity contribution in [1.82, 2.24) is 10.2 Å². The zero-order chi connectivity index (χ0) is 21.5. The molecule has 162 valence electrons. The molecule has 1 amide bonds. The van der Waals surface area contributed by atoms with Gasteiger partial charge in [0.2, 0.25) is 5.91 Å². The molecule has 1 N–H and O–H groups in total. The Kier molecular flexibility index (Phi) is 7.86. The Balaban J connectivity index is 1.62. The van der Waals surface area contributed by atoms with E-state index in [1.165, 1.54) is 12.1 Å². The standard InChI is InChI=1S/C25H33FN2O2/c1-18(2)15-24(20-8-12-23(30-3)13-9-20)27-25(29)21-5-4-14-28(17-21)16-19-6-10-22(26)11-7-19/h6-13,18,21,24H,4-5,14-17H2,1-3H3,(H,27,29)/t21-,24-/m1/s1. The average molecular weight is 413 g/mol. The predicted octanol–water partition coefficient (Wildman–Crippen LogP) is 4.95. The molecule has 1 heterocycles. The molecule has 1 aliphatic heterocycles. The molecule has 30 heavy (non-hydrogen) atoms. The van der Waals surface area contributed by atoms with Gasteiger partial charge in [-0.1, -0.05) is 38.1 Å². The quantitative estimate of drug-likeness (QED) is 0.667. The maximum Gasteiger partial charge on any atom is 0.224 e. The highest BCUT2D eigenvalue weighted by molar-refractivity contribution is 5.79. The van der Waals surface area contributed by atoms with Crippen LogP contribution in [0.2, 0.25) is 0 Å². The van der Waals surface area contributed by atoms with Gasteiger partial charge in [0.25, 0.3) is 0 Å². The normalized spacial score (nSPS) is 18.2. The van der Waals surface area contributed by atoms with Crippen molar-refractivity contribution in [3.8, 4) is 5.75 Å². The lowest BCUT2D eigenvalue weighted by Gasteiger charge is -2.33. The second-order valence-electron chi connectivity index (χ2n) is 8.66. The minimum absolute atomic E-state index is 0.00381. The lowest BCUT2D eigenvalue weighted by atomic mass is 9.93. The van der Waals surface area contributed by atoms with E-state index >= 15 is 0 Å². The van der Waals surface area contributed by atoms with Crippen LogP contribution in [-0.4, -0.2) is 31.0 Å². The maximum atomic E-state index is 13.2. The summed E-state index contributed by atoms with van der Waals surface area (Å²) < 4.78 is 18.4. The molecule has 3 rings (SSSR count). The molecule has 0 aliphatic carbocycles. The molecule has 2 aromatic carbocycles. The van der Waals surface area contributed by atoms with Crippen LogP contribution >= 0.6 is 0 Å². The molecule has 0 saturated carbocycles. The monoisotopic (exact) mass is 412 g/mol. The Labute approximate surface area is 179 Å². The summed E-state index contributed by atoms with van der Waals surface area (Å²) in [5.74, 6) is 1.17. The van der Waals surface area contributed by atoms with Crippen LogP contribution in [0.1, 0.15) is 50.3 Å². The number of piperidine rings is 1. The molecule has 1 saturated heterocycles. The predicted molar refractivity (Wildman–Crippen MR) is 118 cm³/mol. The van der Waals surface area contributed by atoms with Gasteiger partial charge in [0.05, 0.1) is 19.1 Å². The summed E-state index contributed by atoms with van der Waals surface area (Å²) in [6.07, 6.45) is 2.80. The number of benzene rings is 2. The van der Waals surface area contributed by atoms with Crippen LogP contribution in [0.3, 0.4) is 0 Å². The summed E-state index contributed by atoms with van der Waals surface area (Å²) in [6.45, 7) is 6.80. The van der Waals surface area contributed by atoms with E-state index < -0.39 is 0 Å². The topological polar surface area (TPSA) is 41.6 Å². The van der Waals surface area contributed by atoms with Gasteiger partial charge in [0.1, 0.15) is 11.6 Å². The number of nitrogens with zero attached hydrogens (tertiary/aromatic N) is 1. The Morgan fingerprint density at radius 1 is 1.17 bits per heavy atom. The van der Waals surface area contributed by atoms with Gasteiger partial charge in [-0.15, -0.1) is 0 Å². The zero-order valence-electron chi connectivity index (χ0n) is 18.2. The fourth-order valence-electron chi connectivity index (χ4n) is 4.14. The van der Waals surface area contributed by atoms with Crippen molar-refractivity contribution >= 4 is 5.91 Å². The SMILES string of the molecule is COc1ccc([C@@H](CC(C)C)NC(=O)[C@@H]2CCCN(Cc3ccc(F)cc3)C2)cc1. The number of amides is 1. The van der Waals surface area contributed by atoms with E-state index in [0.717, 1.165) is 55.8 Å². The van der Waals surface area contributed by atoms with Crippen molar-refractivity contribution in [2.24, 2.45) is 11.8 Å². The van der Waals surface area contributed by atoms with Gasteiger partial charge in [0, 0.05) is 13.1 Å². The third kappa shape index (κ3) is 6.30. The number of methoxy groups -OCH3 is 1. The summed E-state index contributed by atoms with van der Waals surface area (Å²) in [7, 11) is 1.66. The number of hydrogen-bond donors (Lipinski definition) is 1. The number of carbonyl (C=O) groups is 1. The van der Waals surface area contributed by atoms with E-state index in [0.29, 0.717) is 5.92 Å². The molecule has 2 aromatic rings. The molecule has 1 fully saturated rings. The summed E-state index contributed by atoms with van der Waals surface area (Å²) in [5, 5.41) is 3.31. The number of likely N-dealkylation sites (tertiary alicyclic amines) is 1. The van der Waals surface area contributed by atoms with Crippen LogP contribution in [0.4, 0.5) is 4.39 Å². The van der Waals surface area contributed by atoms with E-state index in [4.69, 9.17) is 4.74 Å². The molecule has 0 bridgehead atoms. The molecular formula is C25H33FN2O2. The van der Waals surface area contributed by atoms with Crippen molar-refractivity contribution < 1.29 is 13.9 Å². The molecule has 4 nitrogen and oxygen atoms in total. The molecule has 0 radical (unpaired) electrons. The lowest BCUT2D eigenvalue weighted by molar-refractivity contribution is -0.127. The second kappa shape index (κ2) is 10.6. The van der Waals surface area contributed by atoms with Gasteiger partial charge in [-0.2, -0.15) is 0 Å². The summed E-state index contributed by atoms with van der Waals surface area (Å²) in [6, 6.07) is 14.6. The average Bonchev–Trinajstić information content (AvgIpc) is 2.75. The van der Waals surface area contributed by atoms with Crippen LogP contribution < -0.4 is 10.1 Å². The fourth-order valence-corrected chi connectivity index (χ4v) is 4.14. The van der Waals surface area contributed by atoms with Crippen LogP contribution in [0.15, 0.2) is 48.5 Å². The fraction of sp³-hybridized carbons (Fsp3) is 0.480. The van der Waals surface area contributed by atoms with E-state index in [-0.39, 0.29) is 23.7 Å². The van der Waals surface area contributed by atoms with Crippen LogP contribution in [0, 0.1) is 17.7 Å². The number of hydrogen-bond acceptors (Lipinski definition) is 3. The summed E-state index contributed by atoms with van der Waals surface area (Å²) >= 11 is 0. The first-order valence-electron chi connectivity index (χ1n) is 10.9. The number of ether oxygens (including phenoxy) is 1. The van der Waals surface area contributed by atoms with E-state index in [9.17, 15) is 9.18 Å². The minimum atomic E-state index is -0.218. The van der Waals surface area contributed by atoms with Gasteiger partial charge < -0.3 is 10.1 Å². The highest BCUT2D eigenvalue weighted by Gasteiger charge is 2.28. The molecule has 0 aromatic heterocycles. The third-order valence-electron chi connectivity index (χ3n) is 5.74. The second-order valence-corrected chi connectivity index (χ2v) is 8.66. The van der Waals surface area contributed by atoms with Gasteiger partial charge in [0.15, 0.2) is 0 Å². The molecular weight excluding hydrogens is 379 g/mol. The van der Waals surface area contributed by atoms with Crippen LogP contribution in [-0.2, 0) is 11.3 Å². The zero-order valence-corrected chi connectivity index (χ0v) is 18.2. The number of carbonyl (C=O) groups excluding carboxylic acids is 1. The van der Waals surface area contributed by atoms with Crippen molar-refractivity contribution in [1.29, 1.82) is 0 Å². The molecule has 0 unspecified atom stereocenters. The largest absolute Gasteiger partial charge is 0.497 e. The molecule has 0 spiro atoms. The van der Waals surface area contributed by atoms with Crippen LogP contribution in [0.25, 0.3) is 0 Å². The summed E-state index contributed by atoms with van der Waals surface area (Å²) in [4.78, 5) is 15.4. The third-order valence-corrected chi connectivity index (χ3v) is 5.74. The summed E-state index contributed by atoms with van der Waals surface area (Å²) in [5.41, 5.74) is 2.19. The molecule has 2 atom stereocenters. The Hall–Kier alpha value is -2.40. The Bertz CT molecular complexity index is 805. The Morgan fingerprint density at radius 2 is 1.87 bits per heavy atom. The van der Waals surface area contributed by atoms with E-state index in [1.807, 2.05) is 36.4 Å². The first-order chi connectivity index (χ1) is 14.4. The van der Waals surface area contributed by atoms with Crippen molar-refractivity contribution in [2.45, 2.75) is 45.7 Å². The molecule has 5 heteroatoms. The number of rotatable bonds is 8. The molecule has 1 aliphatic rings. The van der Waals surface area contributed by atoms with Gasteiger partial charge in [-0.05, 0) is 67.1 Å². The van der Waals surface area contributed by atoms with Crippen LogP contribution in [0.5, 0.6) is 5.75 Å². The van der Waals surface area contributed by atoms with Crippen molar-refractivity contribution in [3.63, 3.8) is 0 Å². The maximum absolute atomic E-state index is 13.2. The highest BCUT2D eigenvalue weighted by atomic mass is 19.1. The first kappa shape index (κ1) is 22.3. The smallest absolute Gasteiger partial charge is 0.224 e. The van der Waals surface area contributed by atoms with E-state index in [1.54, 1.807) is 7.11 Å². The van der Waals surface area contributed by atoms with Gasteiger partial charge >= 0.3 is 0 Å². The number of nitrogens with one attached hydrogen (secondary N) is 1. The first-order valence-corrected chi connectivity index (χ1v) is 10.9. The van der Waals surface area contributed by atoms with Crippen molar-refractivity contribution in [3.05, 3.63) is 65.5 Å². The van der Waals surface area contributed by atoms with Gasteiger partial charge in [-0.3, -0.25) is 9.69 Å². The van der Waals surface area contributed by atoms with E-state index in [2.05, 4.69) is 24.1 Å². The minimum Gasteiger partial charge on any atom is -0.497 e.